The molecular weight excluding hydrogens is 258 g/mol. The number of hydrogen-bond acceptors (Lipinski definition) is 4. The Morgan fingerprint density at radius 1 is 1.35 bits per heavy atom. The molecule has 1 aliphatic rings. The Hall–Kier alpha value is -1.89. The van der Waals surface area contributed by atoms with Crippen molar-refractivity contribution in [2.75, 3.05) is 19.6 Å². The summed E-state index contributed by atoms with van der Waals surface area (Å²) in [7, 11) is 0. The summed E-state index contributed by atoms with van der Waals surface area (Å²) in [5.41, 5.74) is 11.1. The molecule has 4 N–H and O–H groups in total. The molecular formula is C13H21N5O2. The number of primary amides is 1. The molecule has 1 saturated heterocycles. The summed E-state index contributed by atoms with van der Waals surface area (Å²) >= 11 is 0. The molecule has 1 aromatic heterocycles. The number of likely N-dealkylation sites (tertiary alicyclic amines) is 1. The zero-order valence-electron chi connectivity index (χ0n) is 11.5. The van der Waals surface area contributed by atoms with Gasteiger partial charge in [-0.25, -0.2) is 4.98 Å². The van der Waals surface area contributed by atoms with Crippen LogP contribution in [0.4, 0.5) is 0 Å². The summed E-state index contributed by atoms with van der Waals surface area (Å²) in [4.78, 5) is 29.1. The number of nitrogens with two attached hydrogens (primary N) is 2. The Morgan fingerprint density at radius 3 is 2.65 bits per heavy atom. The van der Waals surface area contributed by atoms with Crippen molar-refractivity contribution in [2.45, 2.75) is 25.8 Å². The second-order valence-corrected chi connectivity index (χ2v) is 5.19. The van der Waals surface area contributed by atoms with E-state index in [1.165, 1.54) is 0 Å². The molecule has 0 bridgehead atoms. The topological polar surface area (TPSA) is 107 Å². The number of rotatable bonds is 5. The predicted molar refractivity (Wildman–Crippen MR) is 73.7 cm³/mol. The van der Waals surface area contributed by atoms with Gasteiger partial charge in [0.15, 0.2) is 0 Å². The maximum absolute atomic E-state index is 12.3. The highest BCUT2D eigenvalue weighted by molar-refractivity contribution is 5.92. The van der Waals surface area contributed by atoms with Crippen molar-refractivity contribution in [3.05, 3.63) is 18.2 Å². The minimum Gasteiger partial charge on any atom is -0.370 e. The quantitative estimate of drug-likeness (QED) is 0.762. The number of hydrogen-bond donors (Lipinski definition) is 2. The lowest BCUT2D eigenvalue weighted by molar-refractivity contribution is -0.119. The van der Waals surface area contributed by atoms with Crippen LogP contribution in [-0.4, -0.2) is 45.9 Å². The Bertz CT molecular complexity index is 477. The molecule has 110 valence electrons. The fourth-order valence-electron chi connectivity index (χ4n) is 2.53. The van der Waals surface area contributed by atoms with Gasteiger partial charge in [-0.1, -0.05) is 0 Å². The standard InChI is InChI=1S/C13H21N5O2/c14-3-6-17-8-11(16-9-17)13(20)18-4-1-10(2-5-18)7-12(15)19/h8-10H,1-7,14H2,(H2,15,19). The number of piperidine rings is 1. The van der Waals surface area contributed by atoms with E-state index in [4.69, 9.17) is 11.5 Å². The van der Waals surface area contributed by atoms with Gasteiger partial charge in [0.1, 0.15) is 5.69 Å². The minimum absolute atomic E-state index is 0.0571. The van der Waals surface area contributed by atoms with Gasteiger partial charge < -0.3 is 20.9 Å². The molecule has 0 unspecified atom stereocenters. The lowest BCUT2D eigenvalue weighted by atomic mass is 9.93. The molecule has 0 spiro atoms. The molecule has 0 aliphatic carbocycles. The molecule has 0 radical (unpaired) electrons. The number of nitrogens with zero attached hydrogens (tertiary/aromatic N) is 3. The van der Waals surface area contributed by atoms with Crippen LogP contribution >= 0.6 is 0 Å². The van der Waals surface area contributed by atoms with Gasteiger partial charge in [0.25, 0.3) is 5.91 Å². The average Bonchev–Trinajstić information content (AvgIpc) is 2.87. The van der Waals surface area contributed by atoms with Crippen LogP contribution in [0.2, 0.25) is 0 Å². The third kappa shape index (κ3) is 3.57. The van der Waals surface area contributed by atoms with Gasteiger partial charge in [-0.3, -0.25) is 9.59 Å². The first-order valence-corrected chi connectivity index (χ1v) is 6.89. The van der Waals surface area contributed by atoms with E-state index >= 15 is 0 Å². The lowest BCUT2D eigenvalue weighted by Gasteiger charge is -2.31. The van der Waals surface area contributed by atoms with E-state index in [0.29, 0.717) is 44.2 Å². The van der Waals surface area contributed by atoms with Gasteiger partial charge in [-0.2, -0.15) is 0 Å². The highest BCUT2D eigenvalue weighted by Crippen LogP contribution is 2.21. The molecule has 2 amide bonds. The van der Waals surface area contributed by atoms with Gasteiger partial charge in [0.05, 0.1) is 6.33 Å². The van der Waals surface area contributed by atoms with Crippen LogP contribution in [0, 0.1) is 5.92 Å². The Morgan fingerprint density at radius 2 is 2.05 bits per heavy atom. The molecule has 1 aromatic rings. The maximum atomic E-state index is 12.3. The van der Waals surface area contributed by atoms with Gasteiger partial charge >= 0.3 is 0 Å². The Balaban J connectivity index is 1.89. The van der Waals surface area contributed by atoms with Crippen molar-refractivity contribution in [3.63, 3.8) is 0 Å². The van der Waals surface area contributed by atoms with Crippen LogP contribution in [0.5, 0.6) is 0 Å². The number of imidazole rings is 1. The molecule has 20 heavy (non-hydrogen) atoms. The molecule has 7 nitrogen and oxygen atoms in total. The van der Waals surface area contributed by atoms with Crippen LogP contribution in [0.1, 0.15) is 29.8 Å². The van der Waals surface area contributed by atoms with Crippen molar-refractivity contribution < 1.29 is 9.59 Å². The van der Waals surface area contributed by atoms with E-state index in [-0.39, 0.29) is 11.8 Å². The molecule has 0 aromatic carbocycles. The van der Waals surface area contributed by atoms with Gasteiger partial charge in [0.2, 0.25) is 5.91 Å². The van der Waals surface area contributed by atoms with Crippen LogP contribution in [0.3, 0.4) is 0 Å². The van der Waals surface area contributed by atoms with E-state index < -0.39 is 0 Å². The van der Waals surface area contributed by atoms with E-state index in [1.54, 1.807) is 17.4 Å². The first kappa shape index (κ1) is 14.5. The van der Waals surface area contributed by atoms with Crippen molar-refractivity contribution in [1.29, 1.82) is 0 Å². The molecule has 0 saturated carbocycles. The van der Waals surface area contributed by atoms with Crippen molar-refractivity contribution in [3.8, 4) is 0 Å². The van der Waals surface area contributed by atoms with Gasteiger partial charge in [-0.15, -0.1) is 0 Å². The predicted octanol–water partition coefficient (Wildman–Crippen LogP) is -0.431. The average molecular weight is 279 g/mol. The van der Waals surface area contributed by atoms with Crippen LogP contribution in [0.25, 0.3) is 0 Å². The molecule has 0 atom stereocenters. The molecule has 2 heterocycles. The largest absolute Gasteiger partial charge is 0.370 e. The molecule has 7 heteroatoms. The smallest absolute Gasteiger partial charge is 0.274 e. The molecule has 1 fully saturated rings. The number of carbonyl (C=O) groups is 2. The van der Waals surface area contributed by atoms with Gasteiger partial charge in [0, 0.05) is 38.8 Å². The minimum atomic E-state index is -0.268. The van der Waals surface area contributed by atoms with E-state index in [1.807, 2.05) is 4.57 Å². The summed E-state index contributed by atoms with van der Waals surface area (Å²) in [6.45, 7) is 2.48. The SMILES string of the molecule is NCCn1cnc(C(=O)N2CCC(CC(N)=O)CC2)c1. The third-order valence-electron chi connectivity index (χ3n) is 3.63. The van der Waals surface area contributed by atoms with E-state index in [2.05, 4.69) is 4.98 Å². The third-order valence-corrected chi connectivity index (χ3v) is 3.63. The summed E-state index contributed by atoms with van der Waals surface area (Å²) in [5, 5.41) is 0. The fraction of sp³-hybridized carbons (Fsp3) is 0.615. The monoisotopic (exact) mass is 279 g/mol. The first-order valence-electron chi connectivity index (χ1n) is 6.89. The Labute approximate surface area is 117 Å². The maximum Gasteiger partial charge on any atom is 0.274 e. The van der Waals surface area contributed by atoms with Gasteiger partial charge in [-0.05, 0) is 18.8 Å². The van der Waals surface area contributed by atoms with Crippen LogP contribution in [0.15, 0.2) is 12.5 Å². The zero-order valence-corrected chi connectivity index (χ0v) is 11.5. The van der Waals surface area contributed by atoms with E-state index in [9.17, 15) is 9.59 Å². The number of aromatic nitrogens is 2. The summed E-state index contributed by atoms with van der Waals surface area (Å²) in [6, 6.07) is 0. The highest BCUT2D eigenvalue weighted by Gasteiger charge is 2.25. The first-order chi connectivity index (χ1) is 9.60. The summed E-state index contributed by atoms with van der Waals surface area (Å²) < 4.78 is 1.81. The molecule has 1 aliphatic heterocycles. The van der Waals surface area contributed by atoms with Crippen molar-refractivity contribution >= 4 is 11.8 Å². The Kier molecular flexibility index (Phi) is 4.73. The summed E-state index contributed by atoms with van der Waals surface area (Å²) in [6.07, 6.45) is 5.40. The normalized spacial score (nSPS) is 16.4. The zero-order chi connectivity index (χ0) is 14.5. The van der Waals surface area contributed by atoms with Crippen LogP contribution in [-0.2, 0) is 11.3 Å². The van der Waals surface area contributed by atoms with E-state index in [0.717, 1.165) is 12.8 Å². The number of carbonyl (C=O) groups excluding carboxylic acids is 2. The highest BCUT2D eigenvalue weighted by atomic mass is 16.2. The van der Waals surface area contributed by atoms with Crippen molar-refractivity contribution in [2.24, 2.45) is 17.4 Å². The summed E-state index contributed by atoms with van der Waals surface area (Å²) in [5.74, 6) is -0.0278. The second-order valence-electron chi connectivity index (χ2n) is 5.19. The lowest BCUT2D eigenvalue weighted by Crippen LogP contribution is -2.39. The second kappa shape index (κ2) is 6.51. The van der Waals surface area contributed by atoms with Crippen LogP contribution < -0.4 is 11.5 Å². The fourth-order valence-corrected chi connectivity index (χ4v) is 2.53. The number of amides is 2. The molecule has 2 rings (SSSR count). The van der Waals surface area contributed by atoms with Crippen molar-refractivity contribution in [1.82, 2.24) is 14.5 Å².